The van der Waals surface area contributed by atoms with E-state index < -0.39 is 9.84 Å². The van der Waals surface area contributed by atoms with Gasteiger partial charge in [-0.3, -0.25) is 10.00 Å². The summed E-state index contributed by atoms with van der Waals surface area (Å²) in [5.41, 5.74) is 3.72. The van der Waals surface area contributed by atoms with E-state index in [9.17, 15) is 8.42 Å². The fraction of sp³-hybridized carbons (Fsp3) is 0.667. The van der Waals surface area contributed by atoms with Gasteiger partial charge in [-0.05, 0) is 62.3 Å². The Morgan fingerprint density at radius 2 is 1.89 bits per heavy atom. The van der Waals surface area contributed by atoms with Crippen LogP contribution in [0.25, 0.3) is 10.9 Å². The van der Waals surface area contributed by atoms with Gasteiger partial charge in [-0.1, -0.05) is 19.9 Å². The maximum absolute atomic E-state index is 11.8. The number of sulfone groups is 1. The minimum Gasteiger partial charge on any atom is -0.299 e. The zero-order valence-corrected chi connectivity index (χ0v) is 17.4. The molecule has 0 radical (unpaired) electrons. The van der Waals surface area contributed by atoms with Crippen LogP contribution in [0.5, 0.6) is 0 Å². The first-order chi connectivity index (χ1) is 12.8. The van der Waals surface area contributed by atoms with Crippen molar-refractivity contribution >= 4 is 20.7 Å². The molecular formula is C21H31N3O2S. The molecule has 2 fully saturated rings. The SMILES string of the molecule is CC(C)c1ccc2n[nH]c(C3CCC(N4CCC(S(C)(=O)=O)C4)CC3)c2c1. The maximum atomic E-state index is 11.8. The molecule has 0 amide bonds. The molecule has 5 nitrogen and oxygen atoms in total. The van der Waals surface area contributed by atoms with Gasteiger partial charge < -0.3 is 0 Å². The third kappa shape index (κ3) is 3.79. The number of hydrogen-bond donors (Lipinski definition) is 1. The lowest BCUT2D eigenvalue weighted by Crippen LogP contribution is -2.37. The lowest BCUT2D eigenvalue weighted by atomic mass is 9.82. The second-order valence-electron chi connectivity index (χ2n) is 8.81. The van der Waals surface area contributed by atoms with Crippen molar-refractivity contribution in [3.8, 4) is 0 Å². The summed E-state index contributed by atoms with van der Waals surface area (Å²) in [6.45, 7) is 6.11. The molecule has 2 aromatic rings. The van der Waals surface area contributed by atoms with Gasteiger partial charge in [-0.15, -0.1) is 0 Å². The normalized spacial score (nSPS) is 27.6. The van der Waals surface area contributed by atoms with Crippen molar-refractivity contribution in [2.75, 3.05) is 19.3 Å². The topological polar surface area (TPSA) is 66.1 Å². The first-order valence-corrected chi connectivity index (χ1v) is 12.2. The fourth-order valence-corrected chi connectivity index (χ4v) is 5.88. The van der Waals surface area contributed by atoms with Crippen LogP contribution < -0.4 is 0 Å². The largest absolute Gasteiger partial charge is 0.299 e. The number of hydrogen-bond acceptors (Lipinski definition) is 4. The first-order valence-electron chi connectivity index (χ1n) is 10.2. The van der Waals surface area contributed by atoms with Crippen LogP contribution in [-0.2, 0) is 9.84 Å². The lowest BCUT2D eigenvalue weighted by molar-refractivity contribution is 0.181. The summed E-state index contributed by atoms with van der Waals surface area (Å²) < 4.78 is 23.7. The summed E-state index contributed by atoms with van der Waals surface area (Å²) in [5, 5.41) is 8.96. The molecule has 148 valence electrons. The van der Waals surface area contributed by atoms with Gasteiger partial charge in [0.1, 0.15) is 0 Å². The Kier molecular flexibility index (Phi) is 5.06. The molecule has 1 aromatic heterocycles. The van der Waals surface area contributed by atoms with Crippen LogP contribution >= 0.6 is 0 Å². The number of likely N-dealkylation sites (tertiary alicyclic amines) is 1. The molecule has 1 aromatic carbocycles. The van der Waals surface area contributed by atoms with Crippen LogP contribution in [0, 0.1) is 0 Å². The molecule has 1 atom stereocenters. The average Bonchev–Trinajstić information content (AvgIpc) is 3.28. The molecule has 1 saturated heterocycles. The fourth-order valence-electron chi connectivity index (χ4n) is 4.88. The van der Waals surface area contributed by atoms with Crippen molar-refractivity contribution in [1.29, 1.82) is 0 Å². The molecule has 2 aliphatic rings. The second kappa shape index (κ2) is 7.21. The van der Waals surface area contributed by atoms with Gasteiger partial charge in [-0.2, -0.15) is 5.10 Å². The van der Waals surface area contributed by atoms with Gasteiger partial charge >= 0.3 is 0 Å². The Bertz CT molecular complexity index is 911. The number of aromatic amines is 1. The lowest BCUT2D eigenvalue weighted by Gasteiger charge is -2.34. The molecule has 1 aliphatic carbocycles. The van der Waals surface area contributed by atoms with E-state index in [1.165, 1.54) is 22.9 Å². The molecule has 1 N–H and O–H groups in total. The molecule has 2 heterocycles. The number of H-pyrrole nitrogens is 1. The molecular weight excluding hydrogens is 358 g/mol. The Hall–Kier alpha value is -1.40. The maximum Gasteiger partial charge on any atom is 0.151 e. The minimum atomic E-state index is -2.91. The summed E-state index contributed by atoms with van der Waals surface area (Å²) in [6.07, 6.45) is 6.76. The number of nitrogens with zero attached hydrogens (tertiary/aromatic N) is 2. The van der Waals surface area contributed by atoms with Crippen molar-refractivity contribution in [3.05, 3.63) is 29.5 Å². The van der Waals surface area contributed by atoms with Gasteiger partial charge in [-0.25, -0.2) is 8.42 Å². The van der Waals surface area contributed by atoms with Crippen molar-refractivity contribution < 1.29 is 8.42 Å². The van der Waals surface area contributed by atoms with E-state index in [1.54, 1.807) is 0 Å². The Morgan fingerprint density at radius 1 is 1.15 bits per heavy atom. The van der Waals surface area contributed by atoms with Gasteiger partial charge in [0.15, 0.2) is 9.84 Å². The highest BCUT2D eigenvalue weighted by atomic mass is 32.2. The number of benzene rings is 1. The van der Waals surface area contributed by atoms with Crippen LogP contribution in [-0.4, -0.2) is 54.2 Å². The quantitative estimate of drug-likeness (QED) is 0.863. The smallest absolute Gasteiger partial charge is 0.151 e. The van der Waals surface area contributed by atoms with E-state index in [-0.39, 0.29) is 5.25 Å². The Labute approximate surface area is 162 Å². The standard InChI is InChI=1S/C21H31N3O2S/c1-14(2)16-6-9-20-19(12-16)21(23-22-20)15-4-7-17(8-5-15)24-11-10-18(13-24)27(3,25)26/h6,9,12,14-15,17-18H,4-5,7-8,10-11,13H2,1-3H3,(H,22,23). The summed E-state index contributed by atoms with van der Waals surface area (Å²) in [4.78, 5) is 2.42. The predicted octanol–water partition coefficient (Wildman–Crippen LogP) is 3.83. The summed E-state index contributed by atoms with van der Waals surface area (Å²) in [6, 6.07) is 7.15. The van der Waals surface area contributed by atoms with Gasteiger partial charge in [0, 0.05) is 35.8 Å². The highest BCUT2D eigenvalue weighted by molar-refractivity contribution is 7.91. The number of rotatable bonds is 4. The first kappa shape index (κ1) is 18.9. The molecule has 0 bridgehead atoms. The third-order valence-electron chi connectivity index (χ3n) is 6.68. The van der Waals surface area contributed by atoms with Crippen LogP contribution in [0.4, 0.5) is 0 Å². The van der Waals surface area contributed by atoms with Gasteiger partial charge in [0.2, 0.25) is 0 Å². The van der Waals surface area contributed by atoms with Crippen molar-refractivity contribution in [1.82, 2.24) is 15.1 Å². The van der Waals surface area contributed by atoms with Crippen LogP contribution in [0.1, 0.15) is 69.0 Å². The zero-order valence-electron chi connectivity index (χ0n) is 16.6. The molecule has 4 rings (SSSR count). The monoisotopic (exact) mass is 389 g/mol. The van der Waals surface area contributed by atoms with Crippen molar-refractivity contribution in [3.63, 3.8) is 0 Å². The summed E-state index contributed by atoms with van der Waals surface area (Å²) in [7, 11) is -2.91. The van der Waals surface area contributed by atoms with Crippen LogP contribution in [0.2, 0.25) is 0 Å². The van der Waals surface area contributed by atoms with E-state index in [0.29, 0.717) is 17.9 Å². The third-order valence-corrected chi connectivity index (χ3v) is 8.27. The molecule has 27 heavy (non-hydrogen) atoms. The molecule has 0 spiro atoms. The predicted molar refractivity (Wildman–Crippen MR) is 110 cm³/mol. The van der Waals surface area contributed by atoms with Gasteiger partial charge in [0.05, 0.1) is 10.8 Å². The second-order valence-corrected chi connectivity index (χ2v) is 11.1. The Balaban J connectivity index is 1.44. The summed E-state index contributed by atoms with van der Waals surface area (Å²) in [5.74, 6) is 1.05. The number of nitrogens with one attached hydrogen (secondary N) is 1. The molecule has 1 aliphatic heterocycles. The average molecular weight is 390 g/mol. The van der Waals surface area contributed by atoms with Crippen LogP contribution in [0.15, 0.2) is 18.2 Å². The van der Waals surface area contributed by atoms with Crippen molar-refractivity contribution in [2.24, 2.45) is 0 Å². The Morgan fingerprint density at radius 3 is 2.52 bits per heavy atom. The van der Waals surface area contributed by atoms with E-state index >= 15 is 0 Å². The summed E-state index contributed by atoms with van der Waals surface area (Å²) >= 11 is 0. The van der Waals surface area contributed by atoms with E-state index in [4.69, 9.17) is 0 Å². The van der Waals surface area contributed by atoms with E-state index in [0.717, 1.165) is 50.7 Å². The van der Waals surface area contributed by atoms with Crippen LogP contribution in [0.3, 0.4) is 0 Å². The highest BCUT2D eigenvalue weighted by Crippen LogP contribution is 2.38. The molecule has 6 heteroatoms. The highest BCUT2D eigenvalue weighted by Gasteiger charge is 2.35. The van der Waals surface area contributed by atoms with E-state index in [2.05, 4.69) is 47.1 Å². The molecule has 1 unspecified atom stereocenters. The minimum absolute atomic E-state index is 0.166. The van der Waals surface area contributed by atoms with Gasteiger partial charge in [0.25, 0.3) is 0 Å². The van der Waals surface area contributed by atoms with Crippen molar-refractivity contribution in [2.45, 2.75) is 69.1 Å². The number of fused-ring (bicyclic) bond motifs is 1. The van der Waals surface area contributed by atoms with E-state index in [1.807, 2.05) is 0 Å². The number of aromatic nitrogens is 2. The molecule has 1 saturated carbocycles. The zero-order chi connectivity index (χ0) is 19.2.